The van der Waals surface area contributed by atoms with E-state index < -0.39 is 11.8 Å². The average Bonchev–Trinajstić information content (AvgIpc) is 2.30. The van der Waals surface area contributed by atoms with Gasteiger partial charge in [0.1, 0.15) is 11.9 Å². The van der Waals surface area contributed by atoms with E-state index in [9.17, 15) is 9.18 Å². The van der Waals surface area contributed by atoms with E-state index in [4.69, 9.17) is 10.4 Å². The van der Waals surface area contributed by atoms with Gasteiger partial charge in [0, 0.05) is 13.1 Å². The Kier molecular flexibility index (Phi) is 4.46. The van der Waals surface area contributed by atoms with Crippen LogP contribution in [0.4, 0.5) is 10.1 Å². The largest absolute Gasteiger partial charge is 0.481 e. The van der Waals surface area contributed by atoms with Gasteiger partial charge in [-0.05, 0) is 25.1 Å². The summed E-state index contributed by atoms with van der Waals surface area (Å²) in [4.78, 5) is 12.3. The number of carbonyl (C=O) groups is 1. The standard InChI is InChI=1S/C12H13FN2O2/c1-2-15(6-5-12(16)17)11-4-3-10(13)7-9(11)8-14/h3-4,7H,2,5-6H2,1H3,(H,16,17). The van der Waals surface area contributed by atoms with E-state index in [2.05, 4.69) is 0 Å². The quantitative estimate of drug-likeness (QED) is 0.849. The van der Waals surface area contributed by atoms with Gasteiger partial charge in [-0.3, -0.25) is 4.79 Å². The highest BCUT2D eigenvalue weighted by Gasteiger charge is 2.11. The van der Waals surface area contributed by atoms with Gasteiger partial charge in [-0.2, -0.15) is 5.26 Å². The van der Waals surface area contributed by atoms with Gasteiger partial charge in [-0.1, -0.05) is 0 Å². The van der Waals surface area contributed by atoms with E-state index >= 15 is 0 Å². The molecule has 1 rings (SSSR count). The number of nitriles is 1. The number of hydrogen-bond acceptors (Lipinski definition) is 3. The van der Waals surface area contributed by atoms with Crippen molar-refractivity contribution in [1.82, 2.24) is 0 Å². The molecule has 0 radical (unpaired) electrons. The minimum atomic E-state index is -0.899. The van der Waals surface area contributed by atoms with Gasteiger partial charge in [0.25, 0.3) is 0 Å². The van der Waals surface area contributed by atoms with Gasteiger partial charge in [0.2, 0.25) is 0 Å². The molecule has 5 heteroatoms. The Morgan fingerprint density at radius 3 is 2.82 bits per heavy atom. The van der Waals surface area contributed by atoms with Gasteiger partial charge in [-0.15, -0.1) is 0 Å². The van der Waals surface area contributed by atoms with Crippen molar-refractivity contribution in [2.24, 2.45) is 0 Å². The number of nitrogens with zero attached hydrogens (tertiary/aromatic N) is 2. The number of aliphatic carboxylic acids is 1. The lowest BCUT2D eigenvalue weighted by Crippen LogP contribution is -2.26. The molecule has 0 saturated heterocycles. The molecule has 0 aliphatic heterocycles. The lowest BCUT2D eigenvalue weighted by Gasteiger charge is -2.23. The lowest BCUT2D eigenvalue weighted by atomic mass is 10.1. The maximum Gasteiger partial charge on any atom is 0.305 e. The van der Waals surface area contributed by atoms with Gasteiger partial charge in [0.15, 0.2) is 0 Å². The maximum absolute atomic E-state index is 13.0. The number of anilines is 1. The van der Waals surface area contributed by atoms with E-state index in [1.807, 2.05) is 13.0 Å². The van der Waals surface area contributed by atoms with Crippen LogP contribution in [0, 0.1) is 17.1 Å². The fourth-order valence-electron chi connectivity index (χ4n) is 1.55. The molecule has 1 aromatic rings. The minimum Gasteiger partial charge on any atom is -0.481 e. The number of hydrogen-bond donors (Lipinski definition) is 1. The second-order valence-electron chi connectivity index (χ2n) is 3.50. The van der Waals surface area contributed by atoms with E-state index in [1.54, 1.807) is 4.90 Å². The Morgan fingerprint density at radius 2 is 2.29 bits per heavy atom. The molecule has 17 heavy (non-hydrogen) atoms. The van der Waals surface area contributed by atoms with E-state index in [1.165, 1.54) is 12.1 Å². The van der Waals surface area contributed by atoms with Gasteiger partial charge in [0.05, 0.1) is 17.7 Å². The van der Waals surface area contributed by atoms with Crippen molar-refractivity contribution < 1.29 is 14.3 Å². The van der Waals surface area contributed by atoms with Crippen LogP contribution >= 0.6 is 0 Å². The molecule has 0 spiro atoms. The molecule has 0 aliphatic rings. The Hall–Kier alpha value is -2.09. The topological polar surface area (TPSA) is 64.3 Å². The zero-order valence-electron chi connectivity index (χ0n) is 9.48. The number of carboxylic acids is 1. The third-order valence-corrected chi connectivity index (χ3v) is 2.40. The Balaban J connectivity index is 2.95. The smallest absolute Gasteiger partial charge is 0.305 e. The average molecular weight is 236 g/mol. The van der Waals surface area contributed by atoms with Gasteiger partial charge >= 0.3 is 5.97 Å². The normalized spacial score (nSPS) is 9.71. The second kappa shape index (κ2) is 5.85. The first-order valence-electron chi connectivity index (χ1n) is 5.25. The van der Waals surface area contributed by atoms with Crippen molar-refractivity contribution in [3.05, 3.63) is 29.6 Å². The molecular weight excluding hydrogens is 223 g/mol. The molecule has 0 fully saturated rings. The van der Waals surface area contributed by atoms with Crippen LogP contribution in [0.3, 0.4) is 0 Å². The Bertz CT molecular complexity index is 454. The molecule has 0 unspecified atom stereocenters. The summed E-state index contributed by atoms with van der Waals surface area (Å²) >= 11 is 0. The van der Waals surface area contributed by atoms with Crippen molar-refractivity contribution in [2.45, 2.75) is 13.3 Å². The summed E-state index contributed by atoms with van der Waals surface area (Å²) in [6.45, 7) is 2.71. The van der Waals surface area contributed by atoms with E-state index in [0.29, 0.717) is 18.8 Å². The minimum absolute atomic E-state index is 0.0178. The zero-order valence-corrected chi connectivity index (χ0v) is 9.48. The van der Waals surface area contributed by atoms with Crippen molar-refractivity contribution in [1.29, 1.82) is 5.26 Å². The third-order valence-electron chi connectivity index (χ3n) is 2.40. The summed E-state index contributed by atoms with van der Waals surface area (Å²) in [7, 11) is 0. The Morgan fingerprint density at radius 1 is 1.59 bits per heavy atom. The van der Waals surface area contributed by atoms with Crippen LogP contribution in [0.15, 0.2) is 18.2 Å². The maximum atomic E-state index is 13.0. The first-order chi connectivity index (χ1) is 8.08. The molecule has 0 amide bonds. The van der Waals surface area contributed by atoms with Crippen molar-refractivity contribution in [2.75, 3.05) is 18.0 Å². The second-order valence-corrected chi connectivity index (χ2v) is 3.50. The van der Waals surface area contributed by atoms with Crippen molar-refractivity contribution >= 4 is 11.7 Å². The van der Waals surface area contributed by atoms with Crippen LogP contribution in [-0.4, -0.2) is 24.2 Å². The highest BCUT2D eigenvalue weighted by molar-refractivity contribution is 5.68. The monoisotopic (exact) mass is 236 g/mol. The molecule has 4 nitrogen and oxygen atoms in total. The summed E-state index contributed by atoms with van der Waals surface area (Å²) < 4.78 is 13.0. The van der Waals surface area contributed by atoms with Crippen molar-refractivity contribution in [3.8, 4) is 6.07 Å². The predicted molar refractivity (Wildman–Crippen MR) is 61.3 cm³/mol. The highest BCUT2D eigenvalue weighted by atomic mass is 19.1. The van der Waals surface area contributed by atoms with Crippen LogP contribution in [0.25, 0.3) is 0 Å². The summed E-state index contributed by atoms with van der Waals surface area (Å²) in [5.41, 5.74) is 0.787. The van der Waals surface area contributed by atoms with Crippen LogP contribution in [0.2, 0.25) is 0 Å². The summed E-state index contributed by atoms with van der Waals surface area (Å²) in [6.07, 6.45) is -0.0178. The Labute approximate surface area is 98.9 Å². The van der Waals surface area contributed by atoms with Crippen LogP contribution in [0.1, 0.15) is 18.9 Å². The molecule has 1 aromatic carbocycles. The summed E-state index contributed by atoms with van der Waals surface area (Å²) in [6, 6.07) is 5.82. The van der Waals surface area contributed by atoms with Gasteiger partial charge < -0.3 is 10.0 Å². The SMILES string of the molecule is CCN(CCC(=O)O)c1ccc(F)cc1C#N. The molecule has 0 atom stereocenters. The van der Waals surface area contributed by atoms with E-state index in [0.717, 1.165) is 6.07 Å². The fraction of sp³-hybridized carbons (Fsp3) is 0.333. The number of benzene rings is 1. The molecule has 0 bridgehead atoms. The first-order valence-corrected chi connectivity index (χ1v) is 5.25. The zero-order chi connectivity index (χ0) is 12.8. The summed E-state index contributed by atoms with van der Waals surface area (Å²) in [5.74, 6) is -1.37. The highest BCUT2D eigenvalue weighted by Crippen LogP contribution is 2.21. The fourth-order valence-corrected chi connectivity index (χ4v) is 1.55. The van der Waals surface area contributed by atoms with Crippen molar-refractivity contribution in [3.63, 3.8) is 0 Å². The molecule has 0 aromatic heterocycles. The van der Waals surface area contributed by atoms with Crippen LogP contribution in [-0.2, 0) is 4.79 Å². The van der Waals surface area contributed by atoms with E-state index in [-0.39, 0.29) is 12.0 Å². The molecule has 0 aliphatic carbocycles. The predicted octanol–water partition coefficient (Wildman–Crippen LogP) is 2.00. The molecule has 0 heterocycles. The van der Waals surface area contributed by atoms with Crippen LogP contribution < -0.4 is 4.90 Å². The number of carboxylic acid groups (broad SMARTS) is 1. The van der Waals surface area contributed by atoms with Crippen LogP contribution in [0.5, 0.6) is 0 Å². The first kappa shape index (κ1) is 13.0. The molecule has 0 saturated carbocycles. The van der Waals surface area contributed by atoms with Gasteiger partial charge in [-0.25, -0.2) is 4.39 Å². The molecule has 1 N–H and O–H groups in total. The summed E-state index contributed by atoms with van der Waals surface area (Å²) in [5, 5.41) is 17.5. The number of rotatable bonds is 5. The lowest BCUT2D eigenvalue weighted by molar-refractivity contribution is -0.136. The third kappa shape index (κ3) is 3.45. The molecular formula is C12H13FN2O2. The number of halogens is 1. The molecule has 90 valence electrons.